The highest BCUT2D eigenvalue weighted by Crippen LogP contribution is 2.26. The van der Waals surface area contributed by atoms with Crippen LogP contribution in [0.25, 0.3) is 5.00 Å². The molecule has 4 nitrogen and oxygen atoms in total. The fraction of sp³-hybridized carbons (Fsp3) is 0.100. The minimum absolute atomic E-state index is 0.158. The summed E-state index contributed by atoms with van der Waals surface area (Å²) in [5.41, 5.74) is 0.705. The van der Waals surface area contributed by atoms with Gasteiger partial charge in [0.2, 0.25) is 0 Å². The first-order valence-electron chi connectivity index (χ1n) is 4.52. The summed E-state index contributed by atoms with van der Waals surface area (Å²) < 4.78 is 6.52. The van der Waals surface area contributed by atoms with Crippen molar-refractivity contribution in [2.75, 3.05) is 11.4 Å². The number of anilines is 1. The molecule has 84 valence electrons. The lowest BCUT2D eigenvalue weighted by Gasteiger charge is -2.06. The average molecular weight is 257 g/mol. The number of rotatable bonds is 3. The molecule has 6 heteroatoms. The number of thiophene rings is 1. The molecule has 0 spiro atoms. The van der Waals surface area contributed by atoms with Gasteiger partial charge in [0.15, 0.2) is 6.07 Å². The molecule has 0 unspecified atom stereocenters. The van der Waals surface area contributed by atoms with Crippen LogP contribution in [-0.4, -0.2) is 16.7 Å². The molecule has 1 N–H and O–H groups in total. The smallest absolute Gasteiger partial charge is 0.412 e. The van der Waals surface area contributed by atoms with E-state index in [4.69, 9.17) is 11.6 Å². The molecule has 0 aliphatic heterocycles. The Kier molecular flexibility index (Phi) is 3.48. The second kappa shape index (κ2) is 5.05. The number of hydrogen-bond donors (Lipinski definition) is 1. The van der Waals surface area contributed by atoms with Crippen molar-refractivity contribution >= 4 is 34.7 Å². The molecule has 0 radical (unpaired) electrons. The summed E-state index contributed by atoms with van der Waals surface area (Å²) >= 11 is 6.82. The lowest BCUT2D eigenvalue weighted by molar-refractivity contribution is 0.180. The van der Waals surface area contributed by atoms with E-state index in [2.05, 4.69) is 10.1 Å². The zero-order valence-corrected chi connectivity index (χ0v) is 9.79. The zero-order valence-electron chi connectivity index (χ0n) is 8.22. The molecule has 0 saturated heterocycles. The molecule has 0 fully saturated rings. The third-order valence-corrected chi connectivity index (χ3v) is 2.94. The summed E-state index contributed by atoms with van der Waals surface area (Å²) in [6.07, 6.45) is 3.26. The van der Waals surface area contributed by atoms with E-state index in [0.717, 1.165) is 5.00 Å². The minimum atomic E-state index is -0.554. The summed E-state index contributed by atoms with van der Waals surface area (Å²) in [6.45, 7) is 0. The van der Waals surface area contributed by atoms with Crippen molar-refractivity contribution in [1.29, 1.82) is 0 Å². The zero-order chi connectivity index (χ0) is 11.4. The second-order valence-corrected chi connectivity index (χ2v) is 4.01. The van der Waals surface area contributed by atoms with E-state index < -0.39 is 6.09 Å². The molecule has 2 heterocycles. The summed E-state index contributed by atoms with van der Waals surface area (Å²) in [5.74, 6) is 0. The summed E-state index contributed by atoms with van der Waals surface area (Å²) in [7, 11) is 0. The fourth-order valence-corrected chi connectivity index (χ4v) is 2.18. The third-order valence-electron chi connectivity index (χ3n) is 1.91. The lowest BCUT2D eigenvalue weighted by Crippen LogP contribution is -2.13. The van der Waals surface area contributed by atoms with Crippen LogP contribution in [0.2, 0.25) is 0 Å². The molecule has 0 bridgehead atoms. The summed E-state index contributed by atoms with van der Waals surface area (Å²) in [5, 5.41) is 5.45. The maximum atomic E-state index is 11.2. The van der Waals surface area contributed by atoms with E-state index in [-0.39, 0.29) is 6.07 Å². The van der Waals surface area contributed by atoms with E-state index in [1.807, 2.05) is 40.5 Å². The van der Waals surface area contributed by atoms with Crippen molar-refractivity contribution in [3.63, 3.8) is 0 Å². The van der Waals surface area contributed by atoms with Gasteiger partial charge in [-0.3, -0.25) is 5.32 Å². The Balaban J connectivity index is 2.17. The number of nitrogens with zero attached hydrogens (tertiary/aromatic N) is 1. The van der Waals surface area contributed by atoms with Crippen LogP contribution in [0.15, 0.2) is 36.0 Å². The molecule has 2 aromatic rings. The molecular formula is C10H9ClN2O2S. The van der Waals surface area contributed by atoms with Crippen LogP contribution in [0.4, 0.5) is 10.5 Å². The highest BCUT2D eigenvalue weighted by Gasteiger charge is 2.09. The summed E-state index contributed by atoms with van der Waals surface area (Å²) in [4.78, 5) is 11.2. The number of hydrogen-bond acceptors (Lipinski definition) is 3. The Morgan fingerprint density at radius 2 is 2.25 bits per heavy atom. The van der Waals surface area contributed by atoms with Gasteiger partial charge in [0, 0.05) is 12.4 Å². The Morgan fingerprint density at radius 1 is 1.50 bits per heavy atom. The van der Waals surface area contributed by atoms with Gasteiger partial charge in [0.1, 0.15) is 5.00 Å². The van der Waals surface area contributed by atoms with Crippen LogP contribution in [0, 0.1) is 0 Å². The maximum Gasteiger partial charge on any atom is 0.412 e. The number of alkyl halides is 1. The van der Waals surface area contributed by atoms with Crippen LogP contribution < -0.4 is 5.32 Å². The SMILES string of the molecule is O=C(Nc1ccsc1-n1cccc1)OCCl. The average Bonchev–Trinajstić information content (AvgIpc) is 2.86. The number of halogens is 1. The lowest BCUT2D eigenvalue weighted by atomic mass is 10.5. The van der Waals surface area contributed by atoms with Crippen molar-refractivity contribution in [2.24, 2.45) is 0 Å². The van der Waals surface area contributed by atoms with Crippen molar-refractivity contribution in [3.05, 3.63) is 36.0 Å². The largest absolute Gasteiger partial charge is 0.433 e. The van der Waals surface area contributed by atoms with Gasteiger partial charge in [0.25, 0.3) is 0 Å². The first-order chi connectivity index (χ1) is 7.81. The number of nitrogens with one attached hydrogen (secondary N) is 1. The van der Waals surface area contributed by atoms with Crippen molar-refractivity contribution in [2.45, 2.75) is 0 Å². The summed E-state index contributed by atoms with van der Waals surface area (Å²) in [6, 6.07) is 5.49. The number of carbonyl (C=O) groups is 1. The van der Waals surface area contributed by atoms with E-state index in [0.29, 0.717) is 5.69 Å². The van der Waals surface area contributed by atoms with Crippen molar-refractivity contribution < 1.29 is 9.53 Å². The molecule has 16 heavy (non-hydrogen) atoms. The Labute approximate surface area is 101 Å². The Morgan fingerprint density at radius 3 is 2.94 bits per heavy atom. The predicted octanol–water partition coefficient (Wildman–Crippen LogP) is 3.28. The van der Waals surface area contributed by atoms with Crippen molar-refractivity contribution in [3.8, 4) is 5.00 Å². The van der Waals surface area contributed by atoms with Crippen LogP contribution in [0.5, 0.6) is 0 Å². The van der Waals surface area contributed by atoms with E-state index in [1.54, 1.807) is 0 Å². The molecule has 0 aliphatic carbocycles. The van der Waals surface area contributed by atoms with E-state index >= 15 is 0 Å². The molecule has 0 atom stereocenters. The number of ether oxygens (including phenoxy) is 1. The highest BCUT2D eigenvalue weighted by molar-refractivity contribution is 7.13. The molecule has 2 rings (SSSR count). The monoisotopic (exact) mass is 256 g/mol. The van der Waals surface area contributed by atoms with Gasteiger partial charge in [-0.05, 0) is 23.6 Å². The second-order valence-electron chi connectivity index (χ2n) is 2.90. The van der Waals surface area contributed by atoms with Crippen molar-refractivity contribution in [1.82, 2.24) is 4.57 Å². The van der Waals surface area contributed by atoms with Crippen LogP contribution >= 0.6 is 22.9 Å². The normalized spacial score (nSPS) is 10.1. The van der Waals surface area contributed by atoms with Gasteiger partial charge >= 0.3 is 6.09 Å². The van der Waals surface area contributed by atoms with E-state index in [9.17, 15) is 4.79 Å². The number of carbonyl (C=O) groups excluding carboxylic acids is 1. The first-order valence-corrected chi connectivity index (χ1v) is 5.93. The standard InChI is InChI=1S/C10H9ClN2O2S/c11-7-15-10(14)12-8-3-6-16-9(8)13-4-1-2-5-13/h1-6H,7H2,(H,12,14). The van der Waals surface area contributed by atoms with Gasteiger partial charge in [-0.2, -0.15) is 0 Å². The Bertz CT molecular complexity index is 467. The topological polar surface area (TPSA) is 43.3 Å². The van der Waals surface area contributed by atoms with Gasteiger partial charge in [-0.1, -0.05) is 11.6 Å². The van der Waals surface area contributed by atoms with Crippen LogP contribution in [-0.2, 0) is 4.74 Å². The van der Waals surface area contributed by atoms with Crippen LogP contribution in [0.1, 0.15) is 0 Å². The molecule has 2 aromatic heterocycles. The molecule has 0 aromatic carbocycles. The Hall–Kier alpha value is -1.46. The number of aromatic nitrogens is 1. The van der Waals surface area contributed by atoms with E-state index in [1.165, 1.54) is 11.3 Å². The van der Waals surface area contributed by atoms with Gasteiger partial charge < -0.3 is 9.30 Å². The maximum absolute atomic E-state index is 11.2. The fourth-order valence-electron chi connectivity index (χ4n) is 1.26. The quantitative estimate of drug-likeness (QED) is 0.857. The van der Waals surface area contributed by atoms with Gasteiger partial charge in [-0.15, -0.1) is 11.3 Å². The predicted molar refractivity (Wildman–Crippen MR) is 64.5 cm³/mol. The number of amides is 1. The minimum Gasteiger partial charge on any atom is -0.433 e. The molecule has 0 saturated carbocycles. The van der Waals surface area contributed by atoms with Crippen LogP contribution in [0.3, 0.4) is 0 Å². The first kappa shape index (κ1) is 11.0. The molecule has 1 amide bonds. The molecular weight excluding hydrogens is 248 g/mol. The highest BCUT2D eigenvalue weighted by atomic mass is 35.5. The third kappa shape index (κ3) is 2.37. The van der Waals surface area contributed by atoms with Gasteiger partial charge in [0.05, 0.1) is 5.69 Å². The van der Waals surface area contributed by atoms with Gasteiger partial charge in [-0.25, -0.2) is 4.79 Å². The molecule has 0 aliphatic rings.